The van der Waals surface area contributed by atoms with Crippen molar-refractivity contribution < 1.29 is 0 Å². The van der Waals surface area contributed by atoms with Crippen LogP contribution >= 0.6 is 0 Å². The fourth-order valence-electron chi connectivity index (χ4n) is 3.73. The van der Waals surface area contributed by atoms with Crippen molar-refractivity contribution >= 4 is 38.9 Å². The molecule has 3 heteroatoms. The smallest absolute Gasteiger partial charge is 0.0705 e. The minimum Gasteiger partial charge on any atom is -0.339 e. The highest BCUT2D eigenvalue weighted by Crippen LogP contribution is 2.37. The van der Waals surface area contributed by atoms with Crippen molar-refractivity contribution in [2.75, 3.05) is 10.7 Å². The molecule has 0 bridgehead atoms. The van der Waals surface area contributed by atoms with Crippen LogP contribution in [0.2, 0.25) is 0 Å². The van der Waals surface area contributed by atoms with E-state index in [4.69, 9.17) is 5.84 Å². The molecule has 0 aliphatic rings. The molecule has 5 aromatic rings. The monoisotopic (exact) mass is 349 g/mol. The van der Waals surface area contributed by atoms with Crippen molar-refractivity contribution in [2.45, 2.75) is 0 Å². The predicted molar refractivity (Wildman–Crippen MR) is 114 cm³/mol. The zero-order chi connectivity index (χ0) is 18.2. The first-order chi connectivity index (χ1) is 13.3. The lowest BCUT2D eigenvalue weighted by Gasteiger charge is -2.25. The number of anilines is 3. The average molecular weight is 349 g/mol. The molecular weight excluding hydrogens is 330 g/mol. The summed E-state index contributed by atoms with van der Waals surface area (Å²) in [5.41, 5.74) is 5.42. The van der Waals surface area contributed by atoms with E-state index in [1.165, 1.54) is 0 Å². The van der Waals surface area contributed by atoms with E-state index in [-0.39, 0.29) is 0 Å². The molecule has 5 rings (SSSR count). The maximum absolute atomic E-state index is 6.33. The summed E-state index contributed by atoms with van der Waals surface area (Å²) in [7, 11) is 0. The number of nitrogens with two attached hydrogens (primary N) is 1. The topological polar surface area (TPSA) is 34.2 Å². The van der Waals surface area contributed by atoms with Gasteiger partial charge in [-0.1, -0.05) is 54.6 Å². The van der Waals surface area contributed by atoms with E-state index in [1.54, 1.807) is 4.68 Å². The van der Waals surface area contributed by atoms with Gasteiger partial charge in [-0.25, -0.2) is 0 Å². The molecule has 0 radical (unpaired) electrons. The summed E-state index contributed by atoms with van der Waals surface area (Å²) in [6, 6.07) is 35.6. The minimum absolute atomic E-state index is 1.03. The molecule has 0 saturated heterocycles. The normalized spacial score (nSPS) is 11.1. The number of hydrogen-bond acceptors (Lipinski definition) is 2. The van der Waals surface area contributed by atoms with E-state index in [2.05, 4.69) is 89.8 Å². The van der Waals surface area contributed by atoms with Gasteiger partial charge in [0.2, 0.25) is 0 Å². The van der Waals surface area contributed by atoms with Crippen LogP contribution in [0.25, 0.3) is 21.8 Å². The van der Waals surface area contributed by atoms with Gasteiger partial charge in [0, 0.05) is 27.8 Å². The van der Waals surface area contributed by atoms with Gasteiger partial charge < -0.3 is 10.7 Å². The van der Waals surface area contributed by atoms with E-state index in [0.717, 1.165) is 38.9 Å². The minimum atomic E-state index is 1.03. The number of aromatic nitrogens is 1. The van der Waals surface area contributed by atoms with Crippen LogP contribution in [0.5, 0.6) is 0 Å². The maximum atomic E-state index is 6.33. The summed E-state index contributed by atoms with van der Waals surface area (Å²) in [6.07, 6.45) is 0. The maximum Gasteiger partial charge on any atom is 0.0705 e. The molecule has 0 aliphatic heterocycles. The number of para-hydroxylation sites is 3. The molecule has 0 saturated carbocycles. The van der Waals surface area contributed by atoms with Gasteiger partial charge in [0.15, 0.2) is 0 Å². The first kappa shape index (κ1) is 15.5. The predicted octanol–water partition coefficient (Wildman–Crippen LogP) is 5.98. The van der Waals surface area contributed by atoms with Gasteiger partial charge in [0.25, 0.3) is 0 Å². The lowest BCUT2D eigenvalue weighted by atomic mass is 10.1. The van der Waals surface area contributed by atoms with Gasteiger partial charge in [-0.2, -0.15) is 0 Å². The summed E-state index contributed by atoms with van der Waals surface area (Å²) in [6.45, 7) is 0. The quantitative estimate of drug-likeness (QED) is 0.407. The van der Waals surface area contributed by atoms with E-state index < -0.39 is 0 Å². The largest absolute Gasteiger partial charge is 0.339 e. The lowest BCUT2D eigenvalue weighted by Crippen LogP contribution is -2.10. The van der Waals surface area contributed by atoms with Crippen LogP contribution in [0.1, 0.15) is 0 Å². The summed E-state index contributed by atoms with van der Waals surface area (Å²) >= 11 is 0. The fraction of sp³-hybridized carbons (Fsp3) is 0. The Kier molecular flexibility index (Phi) is 3.58. The third-order valence-electron chi connectivity index (χ3n) is 4.98. The molecule has 1 heterocycles. The molecule has 1 aromatic heterocycles. The second-order valence-electron chi connectivity index (χ2n) is 6.60. The van der Waals surface area contributed by atoms with Gasteiger partial charge >= 0.3 is 0 Å². The van der Waals surface area contributed by atoms with Gasteiger partial charge in [-0.05, 0) is 48.5 Å². The highest BCUT2D eigenvalue weighted by molar-refractivity contribution is 6.09. The molecule has 0 aliphatic carbocycles. The second kappa shape index (κ2) is 6.22. The Bertz CT molecular complexity index is 1180. The molecule has 27 heavy (non-hydrogen) atoms. The molecule has 3 nitrogen and oxygen atoms in total. The number of nitrogens with zero attached hydrogens (tertiary/aromatic N) is 2. The number of rotatable bonds is 3. The van der Waals surface area contributed by atoms with E-state index in [0.29, 0.717) is 0 Å². The van der Waals surface area contributed by atoms with Crippen molar-refractivity contribution in [2.24, 2.45) is 0 Å². The van der Waals surface area contributed by atoms with Crippen molar-refractivity contribution in [3.8, 4) is 0 Å². The molecule has 130 valence electrons. The molecule has 0 fully saturated rings. The average Bonchev–Trinajstić information content (AvgIpc) is 3.02. The lowest BCUT2D eigenvalue weighted by molar-refractivity contribution is 1.12. The standard InChI is InChI=1S/C24H19N3/c25-27-23-14-8-7-13-21(23)22-17-20(15-16-24(22)27)26(18-9-3-1-4-10-18)19-11-5-2-6-12-19/h1-17H,25H2. The van der Waals surface area contributed by atoms with Crippen LogP contribution in [0.15, 0.2) is 103 Å². The van der Waals surface area contributed by atoms with Gasteiger partial charge in [0.05, 0.1) is 11.0 Å². The van der Waals surface area contributed by atoms with E-state index in [9.17, 15) is 0 Å². The van der Waals surface area contributed by atoms with Crippen molar-refractivity contribution in [3.05, 3.63) is 103 Å². The Morgan fingerprint density at radius 2 is 1.07 bits per heavy atom. The van der Waals surface area contributed by atoms with Gasteiger partial charge in [-0.15, -0.1) is 0 Å². The van der Waals surface area contributed by atoms with Crippen LogP contribution in [0.3, 0.4) is 0 Å². The zero-order valence-electron chi connectivity index (χ0n) is 14.8. The van der Waals surface area contributed by atoms with Crippen LogP contribution in [-0.2, 0) is 0 Å². The molecule has 0 atom stereocenters. The first-order valence-corrected chi connectivity index (χ1v) is 9.01. The SMILES string of the molecule is Nn1c2ccccc2c2cc(N(c3ccccc3)c3ccccc3)ccc21. The number of benzene rings is 4. The van der Waals surface area contributed by atoms with Crippen LogP contribution in [0.4, 0.5) is 17.1 Å². The Balaban J connectivity index is 1.77. The first-order valence-electron chi connectivity index (χ1n) is 9.01. The number of hydrogen-bond donors (Lipinski definition) is 1. The van der Waals surface area contributed by atoms with Crippen molar-refractivity contribution in [3.63, 3.8) is 0 Å². The molecule has 0 unspecified atom stereocenters. The molecular formula is C24H19N3. The number of nitrogen functional groups attached to an aromatic ring is 1. The summed E-state index contributed by atoms with van der Waals surface area (Å²) < 4.78 is 1.77. The molecule has 4 aromatic carbocycles. The fourth-order valence-corrected chi connectivity index (χ4v) is 3.73. The molecule has 2 N–H and O–H groups in total. The highest BCUT2D eigenvalue weighted by atomic mass is 15.3. The van der Waals surface area contributed by atoms with E-state index >= 15 is 0 Å². The third kappa shape index (κ3) is 2.52. The Morgan fingerprint density at radius 3 is 1.74 bits per heavy atom. The summed E-state index contributed by atoms with van der Waals surface area (Å²) in [5, 5.41) is 2.32. The Labute approximate surface area is 157 Å². The van der Waals surface area contributed by atoms with Crippen LogP contribution in [-0.4, -0.2) is 4.68 Å². The Morgan fingerprint density at radius 1 is 0.519 bits per heavy atom. The van der Waals surface area contributed by atoms with Gasteiger partial charge in [-0.3, -0.25) is 4.68 Å². The second-order valence-corrected chi connectivity index (χ2v) is 6.60. The van der Waals surface area contributed by atoms with Crippen molar-refractivity contribution in [1.82, 2.24) is 4.68 Å². The Hall–Kier alpha value is -3.72. The molecule has 0 spiro atoms. The van der Waals surface area contributed by atoms with Crippen LogP contribution in [0, 0.1) is 0 Å². The summed E-state index contributed by atoms with van der Waals surface area (Å²) in [4.78, 5) is 2.27. The number of fused-ring (bicyclic) bond motifs is 3. The van der Waals surface area contributed by atoms with E-state index in [1.807, 2.05) is 18.2 Å². The summed E-state index contributed by atoms with van der Waals surface area (Å²) in [5.74, 6) is 6.33. The van der Waals surface area contributed by atoms with Crippen molar-refractivity contribution in [1.29, 1.82) is 0 Å². The molecule has 0 amide bonds. The third-order valence-corrected chi connectivity index (χ3v) is 4.98. The van der Waals surface area contributed by atoms with Gasteiger partial charge in [0.1, 0.15) is 0 Å². The van der Waals surface area contributed by atoms with Crippen LogP contribution < -0.4 is 10.7 Å². The highest BCUT2D eigenvalue weighted by Gasteiger charge is 2.15. The zero-order valence-corrected chi connectivity index (χ0v) is 14.8.